The number of aryl methyl sites for hydroxylation is 1. The lowest BCUT2D eigenvalue weighted by atomic mass is 9.87. The number of hydrogen-bond donors (Lipinski definition) is 1. The molecule has 3 atom stereocenters. The zero-order valence-corrected chi connectivity index (χ0v) is 14.2. The Morgan fingerprint density at radius 3 is 2.85 bits per heavy atom. The van der Waals surface area contributed by atoms with E-state index in [1.54, 1.807) is 0 Å². The van der Waals surface area contributed by atoms with E-state index in [0.29, 0.717) is 18.0 Å². The van der Waals surface area contributed by atoms with Crippen LogP contribution >= 0.6 is 11.3 Å². The highest BCUT2D eigenvalue weighted by Crippen LogP contribution is 2.26. The van der Waals surface area contributed by atoms with Crippen LogP contribution in [-0.2, 0) is 13.0 Å². The largest absolute Gasteiger partial charge is 0.314 e. The van der Waals surface area contributed by atoms with E-state index in [4.69, 9.17) is 0 Å². The fraction of sp³-hybridized carbons (Fsp3) is 0.812. The number of rotatable bonds is 6. The van der Waals surface area contributed by atoms with E-state index in [1.165, 1.54) is 29.3 Å². The average Bonchev–Trinajstić information content (AvgIpc) is 2.91. The van der Waals surface area contributed by atoms with Gasteiger partial charge in [0.1, 0.15) is 5.01 Å². The Kier molecular flexibility index (Phi) is 6.00. The van der Waals surface area contributed by atoms with E-state index in [9.17, 15) is 0 Å². The first-order valence-corrected chi connectivity index (χ1v) is 8.88. The molecule has 1 aliphatic heterocycles. The first-order chi connectivity index (χ1) is 9.65. The lowest BCUT2D eigenvalue weighted by Crippen LogP contribution is -2.53. The lowest BCUT2D eigenvalue weighted by Gasteiger charge is -2.42. The summed E-state index contributed by atoms with van der Waals surface area (Å²) in [5.41, 5.74) is 0. The van der Waals surface area contributed by atoms with Crippen molar-refractivity contribution in [2.45, 2.75) is 65.6 Å². The Hall–Kier alpha value is -0.450. The van der Waals surface area contributed by atoms with Gasteiger partial charge in [-0.2, -0.15) is 0 Å². The number of piperidine rings is 1. The molecule has 0 saturated carbocycles. The molecule has 114 valence electrons. The van der Waals surface area contributed by atoms with E-state index < -0.39 is 0 Å². The van der Waals surface area contributed by atoms with Crippen molar-refractivity contribution in [2.75, 3.05) is 13.1 Å². The van der Waals surface area contributed by atoms with Crippen molar-refractivity contribution < 1.29 is 0 Å². The summed E-state index contributed by atoms with van der Waals surface area (Å²) in [5, 5.41) is 4.99. The van der Waals surface area contributed by atoms with E-state index in [-0.39, 0.29) is 0 Å². The van der Waals surface area contributed by atoms with Crippen LogP contribution in [0.15, 0.2) is 6.20 Å². The molecule has 3 nitrogen and oxygen atoms in total. The Balaban J connectivity index is 1.91. The minimum absolute atomic E-state index is 0.632. The topological polar surface area (TPSA) is 28.2 Å². The summed E-state index contributed by atoms with van der Waals surface area (Å²) in [6.45, 7) is 12.6. The zero-order chi connectivity index (χ0) is 14.5. The SMILES string of the molecule is CCCNC1CCN(Cc2ncc(CC)s2)C(C)C1C. The van der Waals surface area contributed by atoms with Crippen molar-refractivity contribution in [1.82, 2.24) is 15.2 Å². The maximum atomic E-state index is 4.57. The summed E-state index contributed by atoms with van der Waals surface area (Å²) < 4.78 is 0. The maximum absolute atomic E-state index is 4.57. The van der Waals surface area contributed by atoms with Gasteiger partial charge in [0.05, 0.1) is 6.54 Å². The standard InChI is InChI=1S/C16H29N3S/c1-5-8-17-15-7-9-19(13(4)12(15)3)11-16-18-10-14(6-2)20-16/h10,12-13,15,17H,5-9,11H2,1-4H3. The van der Waals surface area contributed by atoms with Gasteiger partial charge in [0.25, 0.3) is 0 Å². The van der Waals surface area contributed by atoms with E-state index >= 15 is 0 Å². The van der Waals surface area contributed by atoms with Crippen LogP contribution in [0.4, 0.5) is 0 Å². The van der Waals surface area contributed by atoms with Crippen molar-refractivity contribution in [3.8, 4) is 0 Å². The third-order valence-corrected chi connectivity index (χ3v) is 5.77. The van der Waals surface area contributed by atoms with Crippen LogP contribution in [0.5, 0.6) is 0 Å². The smallest absolute Gasteiger partial charge is 0.107 e. The molecule has 3 unspecified atom stereocenters. The molecule has 0 aromatic carbocycles. The summed E-state index contributed by atoms with van der Waals surface area (Å²) in [6, 6.07) is 1.32. The highest BCUT2D eigenvalue weighted by Gasteiger charge is 2.32. The number of nitrogens with zero attached hydrogens (tertiary/aromatic N) is 2. The van der Waals surface area contributed by atoms with Gasteiger partial charge in [-0.15, -0.1) is 11.3 Å². The van der Waals surface area contributed by atoms with Crippen LogP contribution in [0, 0.1) is 5.92 Å². The molecule has 1 fully saturated rings. The molecule has 4 heteroatoms. The summed E-state index contributed by atoms with van der Waals surface area (Å²) in [4.78, 5) is 8.58. The summed E-state index contributed by atoms with van der Waals surface area (Å²) >= 11 is 1.88. The Bertz CT molecular complexity index is 404. The van der Waals surface area contributed by atoms with Gasteiger partial charge in [0.15, 0.2) is 0 Å². The molecule has 2 heterocycles. The van der Waals surface area contributed by atoms with Crippen LogP contribution < -0.4 is 5.32 Å². The molecule has 1 aromatic rings. The Morgan fingerprint density at radius 1 is 1.40 bits per heavy atom. The number of hydrogen-bond acceptors (Lipinski definition) is 4. The molecule has 0 amide bonds. The minimum atomic E-state index is 0.632. The van der Waals surface area contributed by atoms with Crippen LogP contribution in [0.3, 0.4) is 0 Å². The lowest BCUT2D eigenvalue weighted by molar-refractivity contribution is 0.0784. The summed E-state index contributed by atoms with van der Waals surface area (Å²) in [5.74, 6) is 0.709. The molecule has 0 radical (unpaired) electrons. The number of thiazole rings is 1. The molecule has 1 N–H and O–H groups in total. The third-order valence-electron chi connectivity index (χ3n) is 4.64. The van der Waals surface area contributed by atoms with Crippen molar-refractivity contribution >= 4 is 11.3 Å². The average molecular weight is 295 g/mol. The molecule has 20 heavy (non-hydrogen) atoms. The fourth-order valence-electron chi connectivity index (χ4n) is 3.04. The van der Waals surface area contributed by atoms with Crippen LogP contribution in [-0.4, -0.2) is 35.1 Å². The van der Waals surface area contributed by atoms with E-state index in [2.05, 4.69) is 42.9 Å². The van der Waals surface area contributed by atoms with Gasteiger partial charge in [-0.3, -0.25) is 4.90 Å². The maximum Gasteiger partial charge on any atom is 0.107 e. The molecular weight excluding hydrogens is 266 g/mol. The zero-order valence-electron chi connectivity index (χ0n) is 13.4. The molecule has 2 rings (SSSR count). The summed E-state index contributed by atoms with van der Waals surface area (Å²) in [7, 11) is 0. The van der Waals surface area contributed by atoms with Crippen LogP contribution in [0.2, 0.25) is 0 Å². The van der Waals surface area contributed by atoms with Crippen molar-refractivity contribution in [2.24, 2.45) is 5.92 Å². The van der Waals surface area contributed by atoms with Gasteiger partial charge >= 0.3 is 0 Å². The number of aromatic nitrogens is 1. The van der Waals surface area contributed by atoms with Crippen LogP contribution in [0.1, 0.15) is 50.4 Å². The molecule has 0 spiro atoms. The van der Waals surface area contributed by atoms with Gasteiger partial charge < -0.3 is 5.32 Å². The minimum Gasteiger partial charge on any atom is -0.314 e. The van der Waals surface area contributed by atoms with E-state index in [0.717, 1.165) is 19.5 Å². The van der Waals surface area contributed by atoms with Gasteiger partial charge in [-0.25, -0.2) is 4.98 Å². The Labute approximate surface area is 127 Å². The first-order valence-electron chi connectivity index (χ1n) is 8.06. The molecule has 0 bridgehead atoms. The Morgan fingerprint density at radius 2 is 2.20 bits per heavy atom. The quantitative estimate of drug-likeness (QED) is 0.873. The van der Waals surface area contributed by atoms with Gasteiger partial charge in [0, 0.05) is 29.7 Å². The number of likely N-dealkylation sites (tertiary alicyclic amines) is 1. The fourth-order valence-corrected chi connectivity index (χ4v) is 3.93. The van der Waals surface area contributed by atoms with Gasteiger partial charge in [-0.1, -0.05) is 20.8 Å². The second-order valence-electron chi connectivity index (χ2n) is 5.99. The highest BCUT2D eigenvalue weighted by molar-refractivity contribution is 7.11. The van der Waals surface area contributed by atoms with E-state index in [1.807, 2.05) is 17.5 Å². The molecule has 1 aromatic heterocycles. The highest BCUT2D eigenvalue weighted by atomic mass is 32.1. The second-order valence-corrected chi connectivity index (χ2v) is 7.19. The second kappa shape index (κ2) is 7.53. The third kappa shape index (κ3) is 3.80. The number of nitrogens with one attached hydrogen (secondary N) is 1. The monoisotopic (exact) mass is 295 g/mol. The molecule has 1 saturated heterocycles. The molecule has 1 aliphatic rings. The molecule has 0 aliphatic carbocycles. The molecular formula is C16H29N3S. The summed E-state index contributed by atoms with van der Waals surface area (Å²) in [6.07, 6.45) is 5.63. The predicted molar refractivity (Wildman–Crippen MR) is 87.2 cm³/mol. The normalized spacial score (nSPS) is 27.9. The van der Waals surface area contributed by atoms with Crippen molar-refractivity contribution in [3.05, 3.63) is 16.1 Å². The predicted octanol–water partition coefficient (Wildman–Crippen LogP) is 3.30. The van der Waals surface area contributed by atoms with Gasteiger partial charge in [-0.05, 0) is 38.6 Å². The van der Waals surface area contributed by atoms with Crippen LogP contribution in [0.25, 0.3) is 0 Å². The van der Waals surface area contributed by atoms with Gasteiger partial charge in [0.2, 0.25) is 0 Å². The van der Waals surface area contributed by atoms with Crippen molar-refractivity contribution in [3.63, 3.8) is 0 Å². The van der Waals surface area contributed by atoms with Crippen molar-refractivity contribution in [1.29, 1.82) is 0 Å². The first kappa shape index (κ1) is 15.9.